The van der Waals surface area contributed by atoms with Crippen LogP contribution in [-0.4, -0.2) is 33.5 Å². The molecule has 1 aromatic rings. The molecule has 0 spiro atoms. The number of rotatable bonds is 10. The Hall–Kier alpha value is -1.10. The first-order valence-electron chi connectivity index (χ1n) is 6.83. The second-order valence-corrected chi connectivity index (χ2v) is 4.36. The predicted molar refractivity (Wildman–Crippen MR) is 76.5 cm³/mol. The van der Waals surface area contributed by atoms with Crippen LogP contribution in [0.25, 0.3) is 0 Å². The van der Waals surface area contributed by atoms with Crippen LogP contribution in [0.1, 0.15) is 31.4 Å². The van der Waals surface area contributed by atoms with Gasteiger partial charge in [-0.15, -0.1) is 0 Å². The molecule has 108 valence electrons. The molecule has 0 saturated carbocycles. The number of methoxy groups -OCH3 is 1. The topological polar surface area (TPSA) is 53.7 Å². The maximum Gasteiger partial charge on any atom is 0.124 e. The number of para-hydroxylation sites is 1. The zero-order valence-electron chi connectivity index (χ0n) is 11.9. The van der Waals surface area contributed by atoms with E-state index in [9.17, 15) is 0 Å². The van der Waals surface area contributed by atoms with Crippen molar-refractivity contribution in [1.82, 2.24) is 0 Å². The van der Waals surface area contributed by atoms with Crippen LogP contribution < -0.4 is 10.5 Å². The Morgan fingerprint density at radius 1 is 1.11 bits per heavy atom. The quantitative estimate of drug-likeness (QED) is 0.662. The van der Waals surface area contributed by atoms with E-state index in [2.05, 4.69) is 6.92 Å². The van der Waals surface area contributed by atoms with Gasteiger partial charge in [0.15, 0.2) is 0 Å². The lowest BCUT2D eigenvalue weighted by molar-refractivity contribution is 0.0803. The van der Waals surface area contributed by atoms with Crippen LogP contribution in [0.5, 0.6) is 5.75 Å². The minimum atomic E-state index is 0.0267. The summed E-state index contributed by atoms with van der Waals surface area (Å²) >= 11 is 0. The molecular weight excluding hydrogens is 242 g/mol. The average Bonchev–Trinajstić information content (AvgIpc) is 2.46. The molecule has 0 amide bonds. The molecule has 4 nitrogen and oxygen atoms in total. The summed E-state index contributed by atoms with van der Waals surface area (Å²) in [5.41, 5.74) is 7.11. The lowest BCUT2D eigenvalue weighted by atomic mass is 10.0. The molecule has 0 fully saturated rings. The number of hydrogen-bond donors (Lipinski definition) is 1. The molecule has 0 bridgehead atoms. The SMILES string of the molecule is CCC(N)c1ccccc1OCCOCCCOC. The van der Waals surface area contributed by atoms with Crippen molar-refractivity contribution in [3.05, 3.63) is 29.8 Å². The fraction of sp³-hybridized carbons (Fsp3) is 0.600. The van der Waals surface area contributed by atoms with Crippen molar-refractivity contribution in [1.29, 1.82) is 0 Å². The van der Waals surface area contributed by atoms with Gasteiger partial charge < -0.3 is 19.9 Å². The largest absolute Gasteiger partial charge is 0.491 e. The van der Waals surface area contributed by atoms with Crippen LogP contribution in [0.4, 0.5) is 0 Å². The molecule has 1 unspecified atom stereocenters. The summed E-state index contributed by atoms with van der Waals surface area (Å²) in [6.45, 7) is 4.63. The van der Waals surface area contributed by atoms with Crippen LogP contribution in [0.2, 0.25) is 0 Å². The van der Waals surface area contributed by atoms with Crippen LogP contribution >= 0.6 is 0 Å². The second-order valence-electron chi connectivity index (χ2n) is 4.36. The van der Waals surface area contributed by atoms with E-state index in [0.29, 0.717) is 19.8 Å². The first kappa shape index (κ1) is 16.0. The highest BCUT2D eigenvalue weighted by Crippen LogP contribution is 2.25. The Kier molecular flexibility index (Phi) is 8.21. The van der Waals surface area contributed by atoms with Crippen LogP contribution in [0, 0.1) is 0 Å². The van der Waals surface area contributed by atoms with Crippen molar-refractivity contribution in [3.63, 3.8) is 0 Å². The van der Waals surface area contributed by atoms with E-state index in [4.69, 9.17) is 19.9 Å². The van der Waals surface area contributed by atoms with E-state index in [-0.39, 0.29) is 6.04 Å². The third kappa shape index (κ3) is 6.05. The Bertz CT molecular complexity index is 344. The second kappa shape index (κ2) is 9.78. The van der Waals surface area contributed by atoms with Crippen LogP contribution in [0.15, 0.2) is 24.3 Å². The monoisotopic (exact) mass is 267 g/mol. The molecule has 0 aliphatic carbocycles. The first-order chi connectivity index (χ1) is 9.29. The first-order valence-corrected chi connectivity index (χ1v) is 6.83. The van der Waals surface area contributed by atoms with Gasteiger partial charge in [0.05, 0.1) is 6.61 Å². The average molecular weight is 267 g/mol. The van der Waals surface area contributed by atoms with Crippen molar-refractivity contribution in [2.24, 2.45) is 5.73 Å². The summed E-state index contributed by atoms with van der Waals surface area (Å²) in [5, 5.41) is 0. The van der Waals surface area contributed by atoms with Gasteiger partial charge in [-0.05, 0) is 18.9 Å². The highest BCUT2D eigenvalue weighted by molar-refractivity contribution is 5.35. The Labute approximate surface area is 115 Å². The predicted octanol–water partition coefficient (Wildman–Crippen LogP) is 2.53. The molecule has 0 aromatic heterocycles. The van der Waals surface area contributed by atoms with Gasteiger partial charge in [0, 0.05) is 31.9 Å². The van der Waals surface area contributed by atoms with Crippen LogP contribution in [0.3, 0.4) is 0 Å². The molecule has 19 heavy (non-hydrogen) atoms. The third-order valence-electron chi connectivity index (χ3n) is 2.88. The minimum absolute atomic E-state index is 0.0267. The lowest BCUT2D eigenvalue weighted by Gasteiger charge is -2.15. The zero-order chi connectivity index (χ0) is 13.9. The normalized spacial score (nSPS) is 12.4. The Morgan fingerprint density at radius 3 is 2.63 bits per heavy atom. The number of hydrogen-bond acceptors (Lipinski definition) is 4. The summed E-state index contributed by atoms with van der Waals surface area (Å²) in [6.07, 6.45) is 1.81. The maximum absolute atomic E-state index is 6.06. The number of ether oxygens (including phenoxy) is 3. The molecule has 1 aromatic carbocycles. The van der Waals surface area contributed by atoms with Gasteiger partial charge in [0.2, 0.25) is 0 Å². The molecule has 4 heteroatoms. The summed E-state index contributed by atoms with van der Waals surface area (Å²) in [4.78, 5) is 0. The van der Waals surface area contributed by atoms with E-state index >= 15 is 0 Å². The van der Waals surface area contributed by atoms with E-state index in [1.807, 2.05) is 24.3 Å². The smallest absolute Gasteiger partial charge is 0.124 e. The molecule has 2 N–H and O–H groups in total. The zero-order valence-corrected chi connectivity index (χ0v) is 11.9. The van der Waals surface area contributed by atoms with E-state index in [1.165, 1.54) is 0 Å². The molecule has 0 saturated heterocycles. The highest BCUT2D eigenvalue weighted by Gasteiger charge is 2.09. The van der Waals surface area contributed by atoms with E-state index in [0.717, 1.165) is 30.8 Å². The molecule has 1 atom stereocenters. The summed E-state index contributed by atoms with van der Waals surface area (Å²) in [7, 11) is 1.69. The van der Waals surface area contributed by atoms with Gasteiger partial charge >= 0.3 is 0 Å². The highest BCUT2D eigenvalue weighted by atomic mass is 16.5. The van der Waals surface area contributed by atoms with Crippen molar-refractivity contribution in [2.45, 2.75) is 25.8 Å². The van der Waals surface area contributed by atoms with Gasteiger partial charge in [-0.1, -0.05) is 25.1 Å². The van der Waals surface area contributed by atoms with Crippen molar-refractivity contribution >= 4 is 0 Å². The van der Waals surface area contributed by atoms with Crippen molar-refractivity contribution in [2.75, 3.05) is 33.5 Å². The number of benzene rings is 1. The molecule has 0 aliphatic rings. The Balaban J connectivity index is 2.29. The van der Waals surface area contributed by atoms with Crippen molar-refractivity contribution < 1.29 is 14.2 Å². The minimum Gasteiger partial charge on any atom is -0.491 e. The third-order valence-corrected chi connectivity index (χ3v) is 2.88. The molecule has 1 rings (SSSR count). The van der Waals surface area contributed by atoms with E-state index in [1.54, 1.807) is 7.11 Å². The molecule has 0 heterocycles. The fourth-order valence-corrected chi connectivity index (χ4v) is 1.76. The summed E-state index contributed by atoms with van der Waals surface area (Å²) in [5.74, 6) is 0.859. The Morgan fingerprint density at radius 2 is 1.89 bits per heavy atom. The summed E-state index contributed by atoms with van der Waals surface area (Å²) < 4.78 is 16.1. The van der Waals surface area contributed by atoms with Crippen LogP contribution in [-0.2, 0) is 9.47 Å². The van der Waals surface area contributed by atoms with Gasteiger partial charge in [0.1, 0.15) is 12.4 Å². The molecular formula is C15H25NO3. The lowest BCUT2D eigenvalue weighted by Crippen LogP contribution is -2.13. The van der Waals surface area contributed by atoms with Gasteiger partial charge in [-0.3, -0.25) is 0 Å². The van der Waals surface area contributed by atoms with Gasteiger partial charge in [0.25, 0.3) is 0 Å². The number of nitrogens with two attached hydrogens (primary N) is 1. The maximum atomic E-state index is 6.06. The summed E-state index contributed by atoms with van der Waals surface area (Å²) in [6, 6.07) is 7.94. The molecule has 0 radical (unpaired) electrons. The molecule has 0 aliphatic heterocycles. The van der Waals surface area contributed by atoms with E-state index < -0.39 is 0 Å². The standard InChI is InChI=1S/C15H25NO3/c1-3-14(16)13-7-4-5-8-15(13)19-12-11-18-10-6-9-17-2/h4-5,7-8,14H,3,6,9-12,16H2,1-2H3. The van der Waals surface area contributed by atoms with Crippen molar-refractivity contribution in [3.8, 4) is 5.75 Å². The van der Waals surface area contributed by atoms with Gasteiger partial charge in [-0.25, -0.2) is 0 Å². The fourth-order valence-electron chi connectivity index (χ4n) is 1.76. The van der Waals surface area contributed by atoms with Gasteiger partial charge in [-0.2, -0.15) is 0 Å².